The summed E-state index contributed by atoms with van der Waals surface area (Å²) < 4.78 is 23.7. The smallest absolute Gasteiger partial charge is 0.336 e. The Labute approximate surface area is 167 Å². The minimum absolute atomic E-state index is 0.0410. The molecule has 0 radical (unpaired) electrons. The molecule has 3 rings (SSSR count). The number of aromatic nitrogens is 2. The molecule has 2 aromatic carbocycles. The maximum Gasteiger partial charge on any atom is 0.336 e. The van der Waals surface area contributed by atoms with Gasteiger partial charge in [0.25, 0.3) is 5.91 Å². The minimum Gasteiger partial charge on any atom is -0.478 e. The van der Waals surface area contributed by atoms with Gasteiger partial charge in [0.05, 0.1) is 22.6 Å². The van der Waals surface area contributed by atoms with E-state index in [-0.39, 0.29) is 21.9 Å². The van der Waals surface area contributed by atoms with Crippen molar-refractivity contribution in [3.05, 3.63) is 71.8 Å². The molecule has 0 aliphatic rings. The summed E-state index contributed by atoms with van der Waals surface area (Å²) in [5, 5.41) is 19.5. The zero-order chi connectivity index (χ0) is 21.0. The summed E-state index contributed by atoms with van der Waals surface area (Å²) in [5.41, 5.74) is 1.42. The third kappa shape index (κ3) is 4.46. The van der Waals surface area contributed by atoms with Crippen molar-refractivity contribution >= 4 is 27.4 Å². The molecular weight excluding hydrogens is 394 g/mol. The number of nitrogens with zero attached hydrogens (tertiary/aromatic N) is 2. The molecule has 0 aliphatic heterocycles. The van der Waals surface area contributed by atoms with Crippen LogP contribution in [0.3, 0.4) is 0 Å². The van der Waals surface area contributed by atoms with Crippen LogP contribution in [0.4, 0.5) is 5.69 Å². The lowest BCUT2D eigenvalue weighted by molar-refractivity contribution is 0.0692. The van der Waals surface area contributed by atoms with E-state index in [2.05, 4.69) is 15.5 Å². The van der Waals surface area contributed by atoms with E-state index >= 15 is 0 Å². The average Bonchev–Trinajstić information content (AvgIpc) is 2.74. The van der Waals surface area contributed by atoms with Crippen LogP contribution in [0.15, 0.2) is 65.7 Å². The van der Waals surface area contributed by atoms with E-state index in [1.165, 1.54) is 31.2 Å². The topological polar surface area (TPSA) is 126 Å². The molecule has 0 saturated carbocycles. The normalized spacial score (nSPS) is 11.1. The number of sulfone groups is 1. The largest absolute Gasteiger partial charge is 0.478 e. The number of carbonyl (C=O) groups is 2. The van der Waals surface area contributed by atoms with Crippen LogP contribution in [0.2, 0.25) is 0 Å². The van der Waals surface area contributed by atoms with Gasteiger partial charge in [-0.05, 0) is 36.4 Å². The Morgan fingerprint density at radius 3 is 2.31 bits per heavy atom. The third-order valence-electron chi connectivity index (χ3n) is 4.16. The highest BCUT2D eigenvalue weighted by molar-refractivity contribution is 7.91. The van der Waals surface area contributed by atoms with Crippen LogP contribution in [0, 0.1) is 0 Å². The number of anilines is 1. The molecule has 0 aliphatic carbocycles. The molecule has 1 heterocycles. The first-order chi connectivity index (χ1) is 13.8. The highest BCUT2D eigenvalue weighted by atomic mass is 32.2. The first-order valence-corrected chi connectivity index (χ1v) is 10.3. The van der Waals surface area contributed by atoms with E-state index in [1.807, 2.05) is 0 Å². The fourth-order valence-electron chi connectivity index (χ4n) is 2.61. The fourth-order valence-corrected chi connectivity index (χ4v) is 3.35. The van der Waals surface area contributed by atoms with Gasteiger partial charge in [-0.25, -0.2) is 13.2 Å². The van der Waals surface area contributed by atoms with Crippen LogP contribution in [-0.2, 0) is 9.84 Å². The average molecular weight is 411 g/mol. The number of benzene rings is 2. The number of carbonyl (C=O) groups excluding carboxylic acids is 1. The molecular formula is C20H17N3O5S. The van der Waals surface area contributed by atoms with Gasteiger partial charge in [0.2, 0.25) is 0 Å². The molecule has 0 bridgehead atoms. The molecule has 29 heavy (non-hydrogen) atoms. The lowest BCUT2D eigenvalue weighted by Crippen LogP contribution is -2.16. The first kappa shape index (κ1) is 20.2. The van der Waals surface area contributed by atoms with Gasteiger partial charge in [-0.2, -0.15) is 0 Å². The number of hydrogen-bond acceptors (Lipinski definition) is 6. The van der Waals surface area contributed by atoms with E-state index in [1.54, 1.807) is 36.4 Å². The molecule has 0 atom stereocenters. The van der Waals surface area contributed by atoms with E-state index in [9.17, 15) is 23.1 Å². The summed E-state index contributed by atoms with van der Waals surface area (Å²) in [7, 11) is -3.44. The summed E-state index contributed by atoms with van der Waals surface area (Å²) in [6.07, 6.45) is 0. The van der Waals surface area contributed by atoms with Crippen molar-refractivity contribution in [1.82, 2.24) is 10.2 Å². The number of carboxylic acids is 1. The van der Waals surface area contributed by atoms with Gasteiger partial charge in [0, 0.05) is 11.3 Å². The summed E-state index contributed by atoms with van der Waals surface area (Å²) in [6, 6.07) is 15.5. The molecule has 148 valence electrons. The monoisotopic (exact) mass is 411 g/mol. The minimum atomic E-state index is -3.44. The Bertz CT molecular complexity index is 1170. The fraction of sp³-hybridized carbons (Fsp3) is 0.100. The Morgan fingerprint density at radius 2 is 1.69 bits per heavy atom. The van der Waals surface area contributed by atoms with E-state index in [0.717, 1.165) is 0 Å². The van der Waals surface area contributed by atoms with Crippen LogP contribution in [-0.4, -0.2) is 41.4 Å². The summed E-state index contributed by atoms with van der Waals surface area (Å²) in [4.78, 5) is 23.8. The van der Waals surface area contributed by atoms with Crippen molar-refractivity contribution in [2.24, 2.45) is 0 Å². The SMILES string of the molecule is CCS(=O)(=O)c1ccc(-c2cccc(NC(=O)c3ccccc3C(=O)O)c2)nn1. The Morgan fingerprint density at radius 1 is 0.966 bits per heavy atom. The van der Waals surface area contributed by atoms with Crippen LogP contribution >= 0.6 is 0 Å². The molecule has 8 nitrogen and oxygen atoms in total. The molecule has 3 aromatic rings. The number of nitrogens with one attached hydrogen (secondary N) is 1. The molecule has 0 spiro atoms. The summed E-state index contributed by atoms with van der Waals surface area (Å²) in [6.45, 7) is 1.53. The van der Waals surface area contributed by atoms with Crippen molar-refractivity contribution in [3.63, 3.8) is 0 Å². The quantitative estimate of drug-likeness (QED) is 0.638. The van der Waals surface area contributed by atoms with Crippen LogP contribution in [0.5, 0.6) is 0 Å². The van der Waals surface area contributed by atoms with Gasteiger partial charge in [0.15, 0.2) is 14.9 Å². The number of hydrogen-bond donors (Lipinski definition) is 2. The van der Waals surface area contributed by atoms with Gasteiger partial charge in [-0.1, -0.05) is 31.2 Å². The second-order valence-corrected chi connectivity index (χ2v) is 8.27. The number of rotatable bonds is 6. The first-order valence-electron chi connectivity index (χ1n) is 8.62. The summed E-state index contributed by atoms with van der Waals surface area (Å²) >= 11 is 0. The van der Waals surface area contributed by atoms with Gasteiger partial charge < -0.3 is 10.4 Å². The zero-order valence-electron chi connectivity index (χ0n) is 15.4. The standard InChI is InChI=1S/C20H17N3O5S/c1-2-29(27,28)18-11-10-17(22-23-18)13-6-5-7-14(12-13)21-19(24)15-8-3-4-9-16(15)20(25)26/h3-12H,2H2,1H3,(H,21,24)(H,25,26). The van der Waals surface area contributed by atoms with Crippen LogP contribution < -0.4 is 5.32 Å². The molecule has 2 N–H and O–H groups in total. The predicted octanol–water partition coefficient (Wildman–Crippen LogP) is 2.89. The van der Waals surface area contributed by atoms with Crippen molar-refractivity contribution in [2.75, 3.05) is 11.1 Å². The Hall–Kier alpha value is -3.59. The highest BCUT2D eigenvalue weighted by Crippen LogP contribution is 2.22. The number of amides is 1. The molecule has 0 fully saturated rings. The van der Waals surface area contributed by atoms with Crippen molar-refractivity contribution in [1.29, 1.82) is 0 Å². The van der Waals surface area contributed by atoms with Crippen molar-refractivity contribution in [2.45, 2.75) is 11.9 Å². The van der Waals surface area contributed by atoms with E-state index in [4.69, 9.17) is 0 Å². The van der Waals surface area contributed by atoms with Crippen LogP contribution in [0.1, 0.15) is 27.6 Å². The maximum atomic E-state index is 12.5. The highest BCUT2D eigenvalue weighted by Gasteiger charge is 2.17. The van der Waals surface area contributed by atoms with Crippen LogP contribution in [0.25, 0.3) is 11.3 Å². The lowest BCUT2D eigenvalue weighted by atomic mass is 10.1. The van der Waals surface area contributed by atoms with Gasteiger partial charge >= 0.3 is 5.97 Å². The zero-order valence-corrected chi connectivity index (χ0v) is 16.2. The molecule has 0 saturated heterocycles. The molecule has 1 aromatic heterocycles. The van der Waals surface area contributed by atoms with Gasteiger partial charge in [0.1, 0.15) is 0 Å². The summed E-state index contributed by atoms with van der Waals surface area (Å²) in [5.74, 6) is -1.82. The van der Waals surface area contributed by atoms with Gasteiger partial charge in [-0.15, -0.1) is 10.2 Å². The predicted molar refractivity (Wildman–Crippen MR) is 107 cm³/mol. The van der Waals surface area contributed by atoms with E-state index in [0.29, 0.717) is 16.9 Å². The number of carboxylic acid groups (broad SMARTS) is 1. The number of aromatic carboxylic acids is 1. The van der Waals surface area contributed by atoms with Gasteiger partial charge in [-0.3, -0.25) is 4.79 Å². The maximum absolute atomic E-state index is 12.5. The lowest BCUT2D eigenvalue weighted by Gasteiger charge is -2.09. The third-order valence-corrected chi connectivity index (χ3v) is 5.77. The molecule has 9 heteroatoms. The van der Waals surface area contributed by atoms with Crippen molar-refractivity contribution in [3.8, 4) is 11.3 Å². The Kier molecular flexibility index (Phi) is 5.69. The van der Waals surface area contributed by atoms with Crippen molar-refractivity contribution < 1.29 is 23.1 Å². The molecule has 0 unspecified atom stereocenters. The van der Waals surface area contributed by atoms with E-state index < -0.39 is 21.7 Å². The Balaban J connectivity index is 1.85. The second kappa shape index (κ2) is 8.19. The molecule has 1 amide bonds. The second-order valence-electron chi connectivity index (χ2n) is 6.05.